The van der Waals surface area contributed by atoms with Gasteiger partial charge >= 0.3 is 0 Å². The third-order valence-corrected chi connectivity index (χ3v) is 4.42. The van der Waals surface area contributed by atoms with Gasteiger partial charge in [0, 0.05) is 17.2 Å². The molecule has 8 nitrogen and oxygen atoms in total. The summed E-state index contributed by atoms with van der Waals surface area (Å²) in [6.07, 6.45) is 1.26. The molecule has 0 aliphatic carbocycles. The van der Waals surface area contributed by atoms with Gasteiger partial charge < -0.3 is 5.32 Å². The predicted molar refractivity (Wildman–Crippen MR) is 111 cm³/mol. The van der Waals surface area contributed by atoms with Crippen molar-refractivity contribution in [3.05, 3.63) is 74.3 Å². The molecule has 1 unspecified atom stereocenters. The van der Waals surface area contributed by atoms with Crippen LogP contribution in [0.3, 0.4) is 0 Å². The van der Waals surface area contributed by atoms with Crippen molar-refractivity contribution in [2.75, 3.05) is 0 Å². The molecule has 0 aliphatic rings. The number of hydrogen-bond acceptors (Lipinski definition) is 5. The zero-order valence-corrected chi connectivity index (χ0v) is 16.9. The highest BCUT2D eigenvalue weighted by Gasteiger charge is 2.24. The number of benzene rings is 2. The summed E-state index contributed by atoms with van der Waals surface area (Å²) in [7, 11) is 0. The zero-order chi connectivity index (χ0) is 21.6. The van der Waals surface area contributed by atoms with Crippen molar-refractivity contribution in [1.29, 1.82) is 0 Å². The maximum Gasteiger partial charge on any atom is 0.288 e. The number of nitrogens with one attached hydrogen (secondary N) is 2. The quantitative estimate of drug-likeness (QED) is 0.408. The van der Waals surface area contributed by atoms with Crippen LogP contribution in [0, 0.1) is 23.0 Å². The minimum atomic E-state index is -0.805. The first-order valence-corrected chi connectivity index (χ1v) is 9.21. The van der Waals surface area contributed by atoms with E-state index in [2.05, 4.69) is 15.8 Å². The van der Waals surface area contributed by atoms with Crippen molar-refractivity contribution in [2.45, 2.75) is 26.8 Å². The molecule has 152 valence electrons. The number of nitro groups is 1. The Kier molecular flexibility index (Phi) is 7.44. The number of nitro benzene ring substituents is 1. The van der Waals surface area contributed by atoms with E-state index in [4.69, 9.17) is 11.6 Å². The van der Waals surface area contributed by atoms with Gasteiger partial charge in [0.2, 0.25) is 0 Å². The molecule has 0 aromatic heterocycles. The van der Waals surface area contributed by atoms with Gasteiger partial charge in [-0.2, -0.15) is 5.10 Å². The molecular weight excluding hydrogens is 396 g/mol. The molecule has 0 radical (unpaired) electrons. The molecule has 9 heteroatoms. The molecule has 0 spiro atoms. The standard InChI is InChI=1S/C20H21ClN4O4/c1-12(2)18(23-19(26)15-7-4-13(3)5-8-15)20(27)24-22-11-14-6-9-16(21)17(10-14)25(28)29/h4-12,18H,1-3H3,(H,23,26)(H,24,27). The summed E-state index contributed by atoms with van der Waals surface area (Å²) in [6, 6.07) is 10.4. The molecule has 2 N–H and O–H groups in total. The van der Waals surface area contributed by atoms with Crippen LogP contribution >= 0.6 is 11.6 Å². The first kappa shape index (κ1) is 22.0. The molecule has 0 fully saturated rings. The summed E-state index contributed by atoms with van der Waals surface area (Å²) in [5.74, 6) is -1.05. The number of halogens is 1. The maximum absolute atomic E-state index is 12.5. The number of hydrazone groups is 1. The summed E-state index contributed by atoms with van der Waals surface area (Å²) in [6.45, 7) is 5.51. The Labute approximate surface area is 173 Å². The second kappa shape index (κ2) is 9.79. The van der Waals surface area contributed by atoms with Crippen LogP contribution in [0.25, 0.3) is 0 Å². The highest BCUT2D eigenvalue weighted by atomic mass is 35.5. The molecule has 0 heterocycles. The maximum atomic E-state index is 12.5. The molecule has 1 atom stereocenters. The van der Waals surface area contributed by atoms with E-state index >= 15 is 0 Å². The Balaban J connectivity index is 2.05. The fourth-order valence-electron chi connectivity index (χ4n) is 2.45. The molecule has 0 aliphatic heterocycles. The van der Waals surface area contributed by atoms with Gasteiger partial charge in [0.25, 0.3) is 17.5 Å². The van der Waals surface area contributed by atoms with Crippen molar-refractivity contribution in [3.63, 3.8) is 0 Å². The van der Waals surface area contributed by atoms with E-state index in [1.165, 1.54) is 24.4 Å². The van der Waals surface area contributed by atoms with Gasteiger partial charge in [0.05, 0.1) is 11.1 Å². The molecule has 29 heavy (non-hydrogen) atoms. The number of rotatable bonds is 7. The number of nitrogens with zero attached hydrogens (tertiary/aromatic N) is 2. The predicted octanol–water partition coefficient (Wildman–Crippen LogP) is 3.46. The van der Waals surface area contributed by atoms with E-state index < -0.39 is 16.9 Å². The largest absolute Gasteiger partial charge is 0.340 e. The van der Waals surface area contributed by atoms with Crippen LogP contribution in [0.1, 0.15) is 35.3 Å². The topological polar surface area (TPSA) is 114 Å². The van der Waals surface area contributed by atoms with E-state index in [1.807, 2.05) is 19.1 Å². The SMILES string of the molecule is Cc1ccc(C(=O)NC(C(=O)NN=Cc2ccc(Cl)c([N+](=O)[O-])c2)C(C)C)cc1. The average molecular weight is 417 g/mol. The number of amides is 2. The van der Waals surface area contributed by atoms with Crippen LogP contribution in [0.2, 0.25) is 5.02 Å². The van der Waals surface area contributed by atoms with Crippen LogP contribution in [0.5, 0.6) is 0 Å². The number of hydrogen-bond donors (Lipinski definition) is 2. The lowest BCUT2D eigenvalue weighted by Crippen LogP contribution is -2.48. The fourth-order valence-corrected chi connectivity index (χ4v) is 2.64. The lowest BCUT2D eigenvalue weighted by Gasteiger charge is -2.20. The molecule has 0 saturated carbocycles. The Morgan fingerprint density at radius 2 is 1.83 bits per heavy atom. The monoisotopic (exact) mass is 416 g/mol. The fraction of sp³-hybridized carbons (Fsp3) is 0.250. The molecule has 2 rings (SSSR count). The molecule has 2 aromatic carbocycles. The molecule has 0 saturated heterocycles. The van der Waals surface area contributed by atoms with E-state index in [0.29, 0.717) is 11.1 Å². The summed E-state index contributed by atoms with van der Waals surface area (Å²) < 4.78 is 0. The van der Waals surface area contributed by atoms with Crippen LogP contribution in [-0.4, -0.2) is 29.0 Å². The first-order chi connectivity index (χ1) is 13.7. The Bertz CT molecular complexity index is 942. The number of carbonyl (C=O) groups is 2. The smallest absolute Gasteiger partial charge is 0.288 e. The van der Waals surface area contributed by atoms with Gasteiger partial charge in [-0.05, 0) is 31.0 Å². The molecule has 0 bridgehead atoms. The normalized spacial score (nSPS) is 12.0. The van der Waals surface area contributed by atoms with Crippen LogP contribution in [-0.2, 0) is 4.79 Å². The minimum absolute atomic E-state index is 0.00914. The van der Waals surface area contributed by atoms with Crippen molar-refractivity contribution in [2.24, 2.45) is 11.0 Å². The Hall–Kier alpha value is -3.26. The van der Waals surface area contributed by atoms with Crippen LogP contribution in [0.4, 0.5) is 5.69 Å². The lowest BCUT2D eigenvalue weighted by molar-refractivity contribution is -0.384. The number of aryl methyl sites for hydroxylation is 1. The highest BCUT2D eigenvalue weighted by molar-refractivity contribution is 6.32. The lowest BCUT2D eigenvalue weighted by atomic mass is 10.0. The van der Waals surface area contributed by atoms with Gasteiger partial charge in [0.1, 0.15) is 11.1 Å². The number of carbonyl (C=O) groups excluding carboxylic acids is 2. The molecule has 2 aromatic rings. The summed E-state index contributed by atoms with van der Waals surface area (Å²) >= 11 is 5.76. The van der Waals surface area contributed by atoms with Crippen molar-refractivity contribution in [3.8, 4) is 0 Å². The average Bonchev–Trinajstić information content (AvgIpc) is 2.67. The Morgan fingerprint density at radius 3 is 2.41 bits per heavy atom. The van der Waals surface area contributed by atoms with Crippen molar-refractivity contribution < 1.29 is 14.5 Å². The summed E-state index contributed by atoms with van der Waals surface area (Å²) in [4.78, 5) is 35.2. The minimum Gasteiger partial charge on any atom is -0.340 e. The van der Waals surface area contributed by atoms with Crippen molar-refractivity contribution in [1.82, 2.24) is 10.7 Å². The van der Waals surface area contributed by atoms with Crippen LogP contribution < -0.4 is 10.7 Å². The van der Waals surface area contributed by atoms with E-state index in [9.17, 15) is 19.7 Å². The summed E-state index contributed by atoms with van der Waals surface area (Å²) in [5, 5.41) is 17.5. The summed E-state index contributed by atoms with van der Waals surface area (Å²) in [5.41, 5.74) is 3.97. The highest BCUT2D eigenvalue weighted by Crippen LogP contribution is 2.24. The van der Waals surface area contributed by atoms with E-state index in [-0.39, 0.29) is 22.5 Å². The third-order valence-electron chi connectivity index (χ3n) is 4.10. The zero-order valence-electron chi connectivity index (χ0n) is 16.2. The van der Waals surface area contributed by atoms with E-state index in [0.717, 1.165) is 5.56 Å². The second-order valence-electron chi connectivity index (χ2n) is 6.76. The van der Waals surface area contributed by atoms with Gasteiger partial charge in [-0.1, -0.05) is 49.2 Å². The molecule has 2 amide bonds. The Morgan fingerprint density at radius 1 is 1.17 bits per heavy atom. The van der Waals surface area contributed by atoms with Gasteiger partial charge in [-0.15, -0.1) is 0 Å². The third kappa shape index (κ3) is 6.11. The van der Waals surface area contributed by atoms with Gasteiger partial charge in [-0.25, -0.2) is 5.43 Å². The van der Waals surface area contributed by atoms with Gasteiger partial charge in [-0.3, -0.25) is 19.7 Å². The van der Waals surface area contributed by atoms with Crippen molar-refractivity contribution >= 4 is 35.3 Å². The van der Waals surface area contributed by atoms with E-state index in [1.54, 1.807) is 26.0 Å². The van der Waals surface area contributed by atoms with Crippen LogP contribution in [0.15, 0.2) is 47.6 Å². The first-order valence-electron chi connectivity index (χ1n) is 8.83. The van der Waals surface area contributed by atoms with Gasteiger partial charge in [0.15, 0.2) is 0 Å². The molecular formula is C20H21ClN4O4. The second-order valence-corrected chi connectivity index (χ2v) is 7.17.